The quantitative estimate of drug-likeness (QED) is 0.414. The van der Waals surface area contributed by atoms with Gasteiger partial charge in [0.15, 0.2) is 5.78 Å². The van der Waals surface area contributed by atoms with Gasteiger partial charge in [-0.3, -0.25) is 4.79 Å². The van der Waals surface area contributed by atoms with Gasteiger partial charge in [-0.2, -0.15) is 0 Å². The largest absolute Gasteiger partial charge is 0.294 e. The van der Waals surface area contributed by atoms with Crippen LogP contribution in [0.15, 0.2) is 28.3 Å². The second-order valence-electron chi connectivity index (χ2n) is 2.32. The predicted octanol–water partition coefficient (Wildman–Crippen LogP) is 2.85. The highest BCUT2D eigenvalue weighted by Crippen LogP contribution is 2.09. The number of allylic oxidation sites excluding steroid dienone is 1. The van der Waals surface area contributed by atoms with E-state index in [-0.39, 0.29) is 5.78 Å². The molecule has 0 saturated carbocycles. The van der Waals surface area contributed by atoms with Crippen LogP contribution in [0.3, 0.4) is 0 Å². The van der Waals surface area contributed by atoms with Gasteiger partial charge < -0.3 is 0 Å². The van der Waals surface area contributed by atoms with Crippen LogP contribution in [0.5, 0.6) is 0 Å². The van der Waals surface area contributed by atoms with Gasteiger partial charge in [0.25, 0.3) is 0 Å². The standard InChI is InChI=1S/C9H12BrNO/c1-5-9(11-8(4)10)6(2)7(3)12/h2,4-5H2,1,3H3/b11-9-. The fourth-order valence-corrected chi connectivity index (χ4v) is 0.924. The number of carbonyl (C=O) groups excluding carboxylic acids is 1. The van der Waals surface area contributed by atoms with Gasteiger partial charge in [-0.25, -0.2) is 4.99 Å². The van der Waals surface area contributed by atoms with Crippen LogP contribution in [-0.2, 0) is 4.79 Å². The molecule has 0 saturated heterocycles. The third-order valence-electron chi connectivity index (χ3n) is 1.36. The highest BCUT2D eigenvalue weighted by Gasteiger charge is 2.06. The fourth-order valence-electron chi connectivity index (χ4n) is 0.710. The minimum atomic E-state index is -0.0515. The van der Waals surface area contributed by atoms with Crippen molar-refractivity contribution in [3.8, 4) is 0 Å². The van der Waals surface area contributed by atoms with E-state index in [1.54, 1.807) is 0 Å². The van der Waals surface area contributed by atoms with E-state index in [4.69, 9.17) is 0 Å². The molecule has 0 spiro atoms. The highest BCUT2D eigenvalue weighted by atomic mass is 79.9. The zero-order valence-electron chi connectivity index (χ0n) is 7.35. The van der Waals surface area contributed by atoms with Gasteiger partial charge in [-0.15, -0.1) is 0 Å². The molecule has 66 valence electrons. The molecule has 0 atom stereocenters. The van der Waals surface area contributed by atoms with Crippen LogP contribution >= 0.6 is 15.9 Å². The molecule has 0 amide bonds. The molecule has 2 nitrogen and oxygen atoms in total. The first-order chi connectivity index (χ1) is 5.49. The van der Waals surface area contributed by atoms with E-state index < -0.39 is 0 Å². The molecular formula is C9H12BrNO. The maximum absolute atomic E-state index is 10.9. The first-order valence-corrected chi connectivity index (χ1v) is 4.40. The van der Waals surface area contributed by atoms with E-state index in [2.05, 4.69) is 34.1 Å². The molecule has 0 radical (unpaired) electrons. The summed E-state index contributed by atoms with van der Waals surface area (Å²) in [6.07, 6.45) is 0.684. The van der Waals surface area contributed by atoms with Crippen LogP contribution < -0.4 is 0 Å². The Kier molecular flexibility index (Phi) is 4.74. The number of hydrogen-bond acceptors (Lipinski definition) is 2. The van der Waals surface area contributed by atoms with Crippen molar-refractivity contribution >= 4 is 27.4 Å². The van der Waals surface area contributed by atoms with Crippen molar-refractivity contribution in [1.29, 1.82) is 0 Å². The molecule has 0 unspecified atom stereocenters. The molecule has 3 heteroatoms. The Morgan fingerprint density at radius 2 is 2.00 bits per heavy atom. The Balaban J connectivity index is 4.68. The van der Waals surface area contributed by atoms with Crippen molar-refractivity contribution in [2.75, 3.05) is 0 Å². The maximum Gasteiger partial charge on any atom is 0.161 e. The molecule has 0 N–H and O–H groups in total. The summed E-state index contributed by atoms with van der Waals surface area (Å²) in [6, 6.07) is 0. The van der Waals surface area contributed by atoms with Gasteiger partial charge in [0.1, 0.15) is 0 Å². The lowest BCUT2D eigenvalue weighted by Gasteiger charge is -2.02. The van der Waals surface area contributed by atoms with Crippen LogP contribution in [0.1, 0.15) is 20.3 Å². The summed E-state index contributed by atoms with van der Waals surface area (Å²) in [5.41, 5.74) is 1.14. The average Bonchev–Trinajstić information content (AvgIpc) is 1.98. The Morgan fingerprint density at radius 3 is 2.25 bits per heavy atom. The van der Waals surface area contributed by atoms with Crippen LogP contribution in [0.25, 0.3) is 0 Å². The van der Waals surface area contributed by atoms with Crippen molar-refractivity contribution in [3.63, 3.8) is 0 Å². The number of nitrogens with zero attached hydrogens (tertiary/aromatic N) is 1. The average molecular weight is 230 g/mol. The predicted molar refractivity (Wildman–Crippen MR) is 55.6 cm³/mol. The first-order valence-electron chi connectivity index (χ1n) is 3.61. The molecule has 0 aliphatic carbocycles. The molecule has 0 aromatic carbocycles. The molecule has 0 aliphatic rings. The van der Waals surface area contributed by atoms with Crippen LogP contribution in [0.4, 0.5) is 0 Å². The van der Waals surface area contributed by atoms with Crippen LogP contribution in [-0.4, -0.2) is 11.5 Å². The number of carbonyl (C=O) groups is 1. The van der Waals surface area contributed by atoms with E-state index in [1.807, 2.05) is 6.92 Å². The Morgan fingerprint density at radius 1 is 1.50 bits per heavy atom. The second-order valence-corrected chi connectivity index (χ2v) is 3.24. The smallest absolute Gasteiger partial charge is 0.161 e. The summed E-state index contributed by atoms with van der Waals surface area (Å²) in [6.45, 7) is 10.6. The SMILES string of the molecule is C=C(Br)/N=C(/CC)C(=C)C(C)=O. The van der Waals surface area contributed by atoms with Crippen LogP contribution in [0.2, 0.25) is 0 Å². The van der Waals surface area contributed by atoms with Crippen LogP contribution in [0, 0.1) is 0 Å². The first kappa shape index (κ1) is 11.3. The third kappa shape index (κ3) is 3.62. The third-order valence-corrected chi connectivity index (χ3v) is 1.54. The summed E-state index contributed by atoms with van der Waals surface area (Å²) in [7, 11) is 0. The molecule has 0 heterocycles. The van der Waals surface area contributed by atoms with E-state index >= 15 is 0 Å². The summed E-state index contributed by atoms with van der Waals surface area (Å²) in [4.78, 5) is 14.9. The summed E-state index contributed by atoms with van der Waals surface area (Å²) >= 11 is 3.10. The van der Waals surface area contributed by atoms with Crippen molar-refractivity contribution in [2.24, 2.45) is 4.99 Å². The minimum absolute atomic E-state index is 0.0515. The minimum Gasteiger partial charge on any atom is -0.294 e. The second kappa shape index (κ2) is 5.04. The van der Waals surface area contributed by atoms with E-state index in [9.17, 15) is 4.79 Å². The van der Waals surface area contributed by atoms with Gasteiger partial charge >= 0.3 is 0 Å². The molecule has 0 aliphatic heterocycles. The van der Waals surface area contributed by atoms with Crippen molar-refractivity contribution in [3.05, 3.63) is 23.3 Å². The molecule has 0 bridgehead atoms. The molecular weight excluding hydrogens is 218 g/mol. The lowest BCUT2D eigenvalue weighted by Crippen LogP contribution is -2.07. The van der Waals surface area contributed by atoms with E-state index in [0.29, 0.717) is 22.3 Å². The Hall–Kier alpha value is -0.700. The molecule has 0 rings (SSSR count). The number of ketones is 1. The van der Waals surface area contributed by atoms with E-state index in [0.717, 1.165) is 0 Å². The number of Topliss-reactive ketones (excluding diaryl/α,β-unsaturated/α-hetero) is 1. The lowest BCUT2D eigenvalue weighted by atomic mass is 10.1. The Bertz CT molecular complexity index is 253. The Labute approximate surface area is 81.2 Å². The topological polar surface area (TPSA) is 29.4 Å². The fraction of sp³-hybridized carbons (Fsp3) is 0.333. The lowest BCUT2D eigenvalue weighted by molar-refractivity contribution is -0.113. The highest BCUT2D eigenvalue weighted by molar-refractivity contribution is 9.11. The maximum atomic E-state index is 10.9. The molecule has 0 aromatic rings. The van der Waals surface area contributed by atoms with Crippen molar-refractivity contribution in [1.82, 2.24) is 0 Å². The van der Waals surface area contributed by atoms with E-state index in [1.165, 1.54) is 6.92 Å². The van der Waals surface area contributed by atoms with Gasteiger partial charge in [0.05, 0.1) is 10.3 Å². The number of rotatable bonds is 4. The van der Waals surface area contributed by atoms with Crippen molar-refractivity contribution in [2.45, 2.75) is 20.3 Å². The van der Waals surface area contributed by atoms with Gasteiger partial charge in [-0.05, 0) is 29.3 Å². The van der Waals surface area contributed by atoms with Gasteiger partial charge in [-0.1, -0.05) is 20.1 Å². The molecule has 0 fully saturated rings. The zero-order valence-corrected chi connectivity index (χ0v) is 8.94. The summed E-state index contributed by atoms with van der Waals surface area (Å²) < 4.78 is 0.516. The van der Waals surface area contributed by atoms with Gasteiger partial charge in [0.2, 0.25) is 0 Å². The number of halogens is 1. The monoisotopic (exact) mass is 229 g/mol. The van der Waals surface area contributed by atoms with Crippen molar-refractivity contribution < 1.29 is 4.79 Å². The molecule has 12 heavy (non-hydrogen) atoms. The number of hydrogen-bond donors (Lipinski definition) is 0. The molecule has 0 aromatic heterocycles. The number of aliphatic imine (C=N–C) groups is 1. The summed E-state index contributed by atoms with van der Waals surface area (Å²) in [5.74, 6) is -0.0515. The normalized spacial score (nSPS) is 11.1. The van der Waals surface area contributed by atoms with Gasteiger partial charge in [0, 0.05) is 5.57 Å². The summed E-state index contributed by atoms with van der Waals surface area (Å²) in [5, 5.41) is 0. The zero-order chi connectivity index (χ0) is 9.72.